The number of rotatable bonds is 8. The first-order chi connectivity index (χ1) is 14.2. The van der Waals surface area contributed by atoms with Crippen molar-refractivity contribution in [2.45, 2.75) is 36.5 Å². The number of para-hydroxylation sites is 2. The molecule has 2 aromatic carbocycles. The normalized spacial score (nSPS) is 15.0. The Balaban J connectivity index is 1.88. The average molecular weight is 452 g/mol. The molecule has 1 saturated heterocycles. The van der Waals surface area contributed by atoms with Gasteiger partial charge in [-0.25, -0.2) is 16.8 Å². The molecule has 1 aliphatic rings. The summed E-state index contributed by atoms with van der Waals surface area (Å²) in [5.74, 6) is -0.0485. The molecule has 30 heavy (non-hydrogen) atoms. The van der Waals surface area contributed by atoms with E-state index in [1.807, 2.05) is 0 Å². The standard InChI is InChI=1S/C20H25N3O5S2/c1-3-22(4-2)30(27,28)17-13-11-16(12-14-17)29(25,26)21-18-8-5-6-9-19(18)23-15-7-10-20(23)24/h5-6,8-9,11-14,21H,3-4,7,10,15H2,1-2H3. The van der Waals surface area contributed by atoms with Gasteiger partial charge in [0.2, 0.25) is 15.9 Å². The number of nitrogens with one attached hydrogen (secondary N) is 1. The highest BCUT2D eigenvalue weighted by molar-refractivity contribution is 7.92. The number of anilines is 2. The Labute approximate surface area is 177 Å². The first kappa shape index (κ1) is 22.3. The van der Waals surface area contributed by atoms with Crippen LogP contribution < -0.4 is 9.62 Å². The number of amides is 1. The smallest absolute Gasteiger partial charge is 0.261 e. The fraction of sp³-hybridized carbons (Fsp3) is 0.350. The van der Waals surface area contributed by atoms with Crippen molar-refractivity contribution in [2.75, 3.05) is 29.3 Å². The van der Waals surface area contributed by atoms with Gasteiger partial charge in [0, 0.05) is 26.1 Å². The van der Waals surface area contributed by atoms with Crippen molar-refractivity contribution in [3.63, 3.8) is 0 Å². The van der Waals surface area contributed by atoms with E-state index in [1.54, 1.807) is 43.0 Å². The summed E-state index contributed by atoms with van der Waals surface area (Å²) < 4.78 is 54.8. The molecule has 0 aromatic heterocycles. The monoisotopic (exact) mass is 451 g/mol. The van der Waals surface area contributed by atoms with Crippen LogP contribution in [0.1, 0.15) is 26.7 Å². The van der Waals surface area contributed by atoms with Gasteiger partial charge in [0.15, 0.2) is 0 Å². The molecular formula is C20H25N3O5S2. The first-order valence-corrected chi connectivity index (χ1v) is 12.7. The van der Waals surface area contributed by atoms with Crippen molar-refractivity contribution in [3.05, 3.63) is 48.5 Å². The van der Waals surface area contributed by atoms with Crippen LogP contribution in [0.25, 0.3) is 0 Å². The number of nitrogens with zero attached hydrogens (tertiary/aromatic N) is 2. The van der Waals surface area contributed by atoms with Crippen LogP contribution in [0.2, 0.25) is 0 Å². The third-order valence-electron chi connectivity index (χ3n) is 4.99. The molecule has 162 valence electrons. The van der Waals surface area contributed by atoms with E-state index in [0.29, 0.717) is 37.4 Å². The molecular weight excluding hydrogens is 426 g/mol. The van der Waals surface area contributed by atoms with E-state index in [-0.39, 0.29) is 15.7 Å². The van der Waals surface area contributed by atoms with Crippen molar-refractivity contribution >= 4 is 37.3 Å². The molecule has 0 saturated carbocycles. The molecule has 0 radical (unpaired) electrons. The minimum Gasteiger partial charge on any atom is -0.310 e. The highest BCUT2D eigenvalue weighted by Gasteiger charge is 2.26. The van der Waals surface area contributed by atoms with Crippen LogP contribution in [-0.4, -0.2) is 46.7 Å². The molecule has 0 spiro atoms. The van der Waals surface area contributed by atoms with Crippen molar-refractivity contribution in [3.8, 4) is 0 Å². The van der Waals surface area contributed by atoms with Gasteiger partial charge in [-0.1, -0.05) is 26.0 Å². The van der Waals surface area contributed by atoms with Crippen LogP contribution in [0.3, 0.4) is 0 Å². The van der Waals surface area contributed by atoms with Crippen LogP contribution in [0.5, 0.6) is 0 Å². The molecule has 10 heteroatoms. The van der Waals surface area contributed by atoms with Gasteiger partial charge in [0.05, 0.1) is 21.2 Å². The molecule has 2 aromatic rings. The highest BCUT2D eigenvalue weighted by Crippen LogP contribution is 2.31. The maximum absolute atomic E-state index is 12.9. The third kappa shape index (κ3) is 4.35. The lowest BCUT2D eigenvalue weighted by Crippen LogP contribution is -2.30. The Morgan fingerprint density at radius 2 is 1.53 bits per heavy atom. The Hall–Kier alpha value is -2.43. The van der Waals surface area contributed by atoms with E-state index in [9.17, 15) is 21.6 Å². The second-order valence-corrected chi connectivity index (χ2v) is 10.5. The van der Waals surface area contributed by atoms with Gasteiger partial charge < -0.3 is 4.90 Å². The Kier molecular flexibility index (Phi) is 6.49. The lowest BCUT2D eigenvalue weighted by molar-refractivity contribution is -0.117. The predicted molar refractivity (Wildman–Crippen MR) is 115 cm³/mol. The highest BCUT2D eigenvalue weighted by atomic mass is 32.2. The van der Waals surface area contributed by atoms with Gasteiger partial charge in [-0.3, -0.25) is 9.52 Å². The van der Waals surface area contributed by atoms with Crippen LogP contribution in [0, 0.1) is 0 Å². The van der Waals surface area contributed by atoms with E-state index < -0.39 is 20.0 Å². The quantitative estimate of drug-likeness (QED) is 0.664. The van der Waals surface area contributed by atoms with Gasteiger partial charge in [0.1, 0.15) is 0 Å². The maximum atomic E-state index is 12.9. The molecule has 1 aliphatic heterocycles. The number of carbonyl (C=O) groups excluding carboxylic acids is 1. The topological polar surface area (TPSA) is 104 Å². The summed E-state index contributed by atoms with van der Waals surface area (Å²) in [6.07, 6.45) is 1.16. The van der Waals surface area contributed by atoms with Crippen molar-refractivity contribution in [1.29, 1.82) is 0 Å². The summed E-state index contributed by atoms with van der Waals surface area (Å²) in [5, 5.41) is 0. The summed E-state index contributed by atoms with van der Waals surface area (Å²) in [7, 11) is -7.65. The third-order valence-corrected chi connectivity index (χ3v) is 8.44. The van der Waals surface area contributed by atoms with Crippen molar-refractivity contribution in [1.82, 2.24) is 4.31 Å². The van der Waals surface area contributed by atoms with E-state index >= 15 is 0 Å². The Bertz CT molecular complexity index is 1130. The Morgan fingerprint density at radius 3 is 2.10 bits per heavy atom. The van der Waals surface area contributed by atoms with Gasteiger partial charge in [0.25, 0.3) is 10.0 Å². The van der Waals surface area contributed by atoms with Gasteiger partial charge >= 0.3 is 0 Å². The number of benzene rings is 2. The molecule has 1 N–H and O–H groups in total. The fourth-order valence-corrected chi connectivity index (χ4v) is 5.94. The van der Waals surface area contributed by atoms with Crippen LogP contribution >= 0.6 is 0 Å². The average Bonchev–Trinajstić information content (AvgIpc) is 3.14. The van der Waals surface area contributed by atoms with Gasteiger partial charge in [-0.2, -0.15) is 4.31 Å². The molecule has 0 aliphatic carbocycles. The zero-order valence-corrected chi connectivity index (χ0v) is 18.5. The molecule has 0 unspecified atom stereocenters. The number of sulfonamides is 2. The fourth-order valence-electron chi connectivity index (χ4n) is 3.41. The summed E-state index contributed by atoms with van der Waals surface area (Å²) in [5.41, 5.74) is 0.803. The van der Waals surface area contributed by atoms with E-state index in [0.717, 1.165) is 6.42 Å². The zero-order valence-electron chi connectivity index (χ0n) is 16.9. The number of carbonyl (C=O) groups is 1. The van der Waals surface area contributed by atoms with E-state index in [4.69, 9.17) is 0 Å². The summed E-state index contributed by atoms with van der Waals surface area (Å²) >= 11 is 0. The second kappa shape index (κ2) is 8.75. The SMILES string of the molecule is CCN(CC)S(=O)(=O)c1ccc(S(=O)(=O)Nc2ccccc2N2CCCC2=O)cc1. The second-order valence-electron chi connectivity index (χ2n) is 6.83. The molecule has 8 nitrogen and oxygen atoms in total. The minimum absolute atomic E-state index is 0.0354. The van der Waals surface area contributed by atoms with E-state index in [2.05, 4.69) is 4.72 Å². The summed E-state index contributed by atoms with van der Waals surface area (Å²) in [6, 6.07) is 11.8. The molecule has 1 fully saturated rings. The number of hydrogen-bond donors (Lipinski definition) is 1. The maximum Gasteiger partial charge on any atom is 0.261 e. The zero-order chi connectivity index (χ0) is 21.9. The predicted octanol–water partition coefficient (Wildman–Crippen LogP) is 2.64. The van der Waals surface area contributed by atoms with Crippen LogP contribution in [-0.2, 0) is 24.8 Å². The number of hydrogen-bond acceptors (Lipinski definition) is 5. The molecule has 1 heterocycles. The lowest BCUT2D eigenvalue weighted by atomic mass is 10.2. The van der Waals surface area contributed by atoms with Crippen molar-refractivity contribution in [2.24, 2.45) is 0 Å². The van der Waals surface area contributed by atoms with Gasteiger partial charge in [-0.05, 0) is 42.8 Å². The van der Waals surface area contributed by atoms with Crippen molar-refractivity contribution < 1.29 is 21.6 Å². The van der Waals surface area contributed by atoms with Gasteiger partial charge in [-0.15, -0.1) is 0 Å². The van der Waals surface area contributed by atoms with Crippen LogP contribution in [0.4, 0.5) is 11.4 Å². The molecule has 3 rings (SSSR count). The largest absolute Gasteiger partial charge is 0.310 e. The lowest BCUT2D eigenvalue weighted by Gasteiger charge is -2.20. The summed E-state index contributed by atoms with van der Waals surface area (Å²) in [6.45, 7) is 4.67. The molecule has 0 bridgehead atoms. The first-order valence-electron chi connectivity index (χ1n) is 9.73. The minimum atomic E-state index is -3.97. The van der Waals surface area contributed by atoms with E-state index in [1.165, 1.54) is 28.6 Å². The van der Waals surface area contributed by atoms with Crippen LogP contribution in [0.15, 0.2) is 58.3 Å². The molecule has 1 amide bonds. The molecule has 0 atom stereocenters. The summed E-state index contributed by atoms with van der Waals surface area (Å²) in [4.78, 5) is 13.6. The Morgan fingerprint density at radius 1 is 0.933 bits per heavy atom.